The van der Waals surface area contributed by atoms with Gasteiger partial charge in [0.2, 0.25) is 0 Å². The maximum Gasteiger partial charge on any atom is 0.389 e. The molecule has 0 aliphatic carbocycles. The van der Waals surface area contributed by atoms with E-state index in [1.807, 2.05) is 0 Å². The number of hydrogen-bond donors (Lipinski definition) is 3. The molecule has 0 saturated carbocycles. The number of rotatable bonds is 5. The number of hydrogen-bond acceptors (Lipinski definition) is 3. The van der Waals surface area contributed by atoms with Crippen LogP contribution in [0.15, 0.2) is 18.2 Å². The second-order valence-electron chi connectivity index (χ2n) is 3.71. The molecule has 96 valence electrons. The van der Waals surface area contributed by atoms with Crippen molar-refractivity contribution in [2.45, 2.75) is 25.6 Å². The highest BCUT2D eigenvalue weighted by atomic mass is 19.4. The first-order chi connectivity index (χ1) is 7.88. The largest absolute Gasteiger partial charge is 0.508 e. The van der Waals surface area contributed by atoms with E-state index in [-0.39, 0.29) is 31.0 Å². The first-order valence-corrected chi connectivity index (χ1v) is 5.17. The molecule has 0 saturated heterocycles. The highest BCUT2D eigenvalue weighted by Crippen LogP contribution is 2.23. The molecule has 0 heterocycles. The summed E-state index contributed by atoms with van der Waals surface area (Å²) in [4.78, 5) is 0. The quantitative estimate of drug-likeness (QED) is 0.703. The molecule has 0 atom stereocenters. The highest BCUT2D eigenvalue weighted by molar-refractivity contribution is 5.38. The fourth-order valence-corrected chi connectivity index (χ4v) is 1.34. The SMILES string of the molecule is Oc1ccc(CNCCCC(F)(F)F)c(O)c1. The van der Waals surface area contributed by atoms with Gasteiger partial charge in [-0.3, -0.25) is 0 Å². The predicted octanol–water partition coefficient (Wildman–Crippen LogP) is 2.53. The third-order valence-electron chi connectivity index (χ3n) is 2.20. The zero-order valence-corrected chi connectivity index (χ0v) is 9.09. The second-order valence-corrected chi connectivity index (χ2v) is 3.71. The number of phenolic OH excluding ortho intramolecular Hbond substituents is 2. The number of aromatic hydroxyl groups is 2. The van der Waals surface area contributed by atoms with Crippen LogP contribution in [0.5, 0.6) is 11.5 Å². The average Bonchev–Trinajstić information content (AvgIpc) is 2.18. The Morgan fingerprint density at radius 2 is 1.88 bits per heavy atom. The van der Waals surface area contributed by atoms with Gasteiger partial charge in [0.1, 0.15) is 11.5 Å². The normalized spacial score (nSPS) is 11.7. The van der Waals surface area contributed by atoms with Gasteiger partial charge >= 0.3 is 6.18 Å². The van der Waals surface area contributed by atoms with Gasteiger partial charge in [0, 0.05) is 24.6 Å². The minimum absolute atomic E-state index is 0.00233. The van der Waals surface area contributed by atoms with Gasteiger partial charge < -0.3 is 15.5 Å². The molecule has 1 aromatic carbocycles. The van der Waals surface area contributed by atoms with Crippen LogP contribution in [-0.2, 0) is 6.54 Å². The summed E-state index contributed by atoms with van der Waals surface area (Å²) in [6.07, 6.45) is -4.94. The zero-order valence-electron chi connectivity index (χ0n) is 9.09. The molecule has 3 nitrogen and oxygen atoms in total. The topological polar surface area (TPSA) is 52.5 Å². The van der Waals surface area contributed by atoms with Crippen molar-refractivity contribution in [2.75, 3.05) is 6.54 Å². The molecule has 0 bridgehead atoms. The first kappa shape index (κ1) is 13.6. The smallest absolute Gasteiger partial charge is 0.389 e. The lowest BCUT2D eigenvalue weighted by Gasteiger charge is -2.08. The summed E-state index contributed by atoms with van der Waals surface area (Å²) in [6.45, 7) is 0.490. The summed E-state index contributed by atoms with van der Waals surface area (Å²) in [5.41, 5.74) is 0.537. The molecule has 1 aromatic rings. The van der Waals surface area contributed by atoms with Crippen molar-refractivity contribution in [1.82, 2.24) is 5.32 Å². The van der Waals surface area contributed by atoms with Crippen LogP contribution in [0.3, 0.4) is 0 Å². The van der Waals surface area contributed by atoms with E-state index in [0.717, 1.165) is 0 Å². The Kier molecular flexibility index (Phi) is 4.62. The Morgan fingerprint density at radius 3 is 2.47 bits per heavy atom. The van der Waals surface area contributed by atoms with Crippen LogP contribution in [0.25, 0.3) is 0 Å². The number of benzene rings is 1. The molecule has 0 spiro atoms. The van der Waals surface area contributed by atoms with Crippen molar-refractivity contribution in [2.24, 2.45) is 0 Å². The van der Waals surface area contributed by atoms with Gasteiger partial charge in [-0.2, -0.15) is 13.2 Å². The van der Waals surface area contributed by atoms with E-state index < -0.39 is 12.6 Å². The molecule has 0 aliphatic rings. The fourth-order valence-electron chi connectivity index (χ4n) is 1.34. The third kappa shape index (κ3) is 5.44. The van der Waals surface area contributed by atoms with Crippen molar-refractivity contribution in [3.63, 3.8) is 0 Å². The number of alkyl halides is 3. The summed E-state index contributed by atoms with van der Waals surface area (Å²) < 4.78 is 35.5. The maximum atomic E-state index is 11.8. The van der Waals surface area contributed by atoms with E-state index in [2.05, 4.69) is 5.32 Å². The van der Waals surface area contributed by atoms with Gasteiger partial charge in [-0.05, 0) is 19.0 Å². The molecule has 0 aromatic heterocycles. The van der Waals surface area contributed by atoms with Gasteiger partial charge in [0.25, 0.3) is 0 Å². The van der Waals surface area contributed by atoms with E-state index >= 15 is 0 Å². The minimum atomic E-state index is -4.12. The lowest BCUT2D eigenvalue weighted by Crippen LogP contribution is -2.17. The van der Waals surface area contributed by atoms with Crippen molar-refractivity contribution in [3.8, 4) is 11.5 Å². The van der Waals surface area contributed by atoms with Gasteiger partial charge in [-0.15, -0.1) is 0 Å². The molecular weight excluding hydrogens is 235 g/mol. The third-order valence-corrected chi connectivity index (χ3v) is 2.20. The molecule has 0 unspecified atom stereocenters. The molecule has 6 heteroatoms. The van der Waals surface area contributed by atoms with Crippen molar-refractivity contribution in [3.05, 3.63) is 23.8 Å². The van der Waals surface area contributed by atoms with Gasteiger partial charge in [-0.25, -0.2) is 0 Å². The summed E-state index contributed by atoms with van der Waals surface area (Å²) in [7, 11) is 0. The number of nitrogens with one attached hydrogen (secondary N) is 1. The summed E-state index contributed by atoms with van der Waals surface area (Å²) in [5, 5.41) is 21.2. The Bertz CT molecular complexity index is 366. The number of halogens is 3. The standard InChI is InChI=1S/C11H14F3NO2/c12-11(13,14)4-1-5-15-7-8-2-3-9(16)6-10(8)17/h2-3,6,15-17H,1,4-5,7H2. The fraction of sp³-hybridized carbons (Fsp3) is 0.455. The van der Waals surface area contributed by atoms with Crippen molar-refractivity contribution in [1.29, 1.82) is 0 Å². The molecule has 1 rings (SSSR count). The second kappa shape index (κ2) is 5.77. The molecule has 0 radical (unpaired) electrons. The van der Waals surface area contributed by atoms with Crippen LogP contribution in [-0.4, -0.2) is 22.9 Å². The van der Waals surface area contributed by atoms with Crippen molar-refractivity contribution >= 4 is 0 Å². The lowest BCUT2D eigenvalue weighted by atomic mass is 10.2. The molecule has 0 fully saturated rings. The minimum Gasteiger partial charge on any atom is -0.508 e. The monoisotopic (exact) mass is 249 g/mol. The van der Waals surface area contributed by atoms with Crippen LogP contribution < -0.4 is 5.32 Å². The van der Waals surface area contributed by atoms with Crippen LogP contribution in [0, 0.1) is 0 Å². The average molecular weight is 249 g/mol. The molecular formula is C11H14F3NO2. The van der Waals surface area contributed by atoms with Gasteiger partial charge in [0.05, 0.1) is 0 Å². The molecule has 3 N–H and O–H groups in total. The van der Waals surface area contributed by atoms with Gasteiger partial charge in [-0.1, -0.05) is 6.07 Å². The first-order valence-electron chi connectivity index (χ1n) is 5.17. The summed E-state index contributed by atoms with van der Waals surface area (Å²) >= 11 is 0. The Morgan fingerprint density at radius 1 is 1.18 bits per heavy atom. The van der Waals surface area contributed by atoms with Crippen LogP contribution in [0.2, 0.25) is 0 Å². The van der Waals surface area contributed by atoms with Crippen molar-refractivity contribution < 1.29 is 23.4 Å². The lowest BCUT2D eigenvalue weighted by molar-refractivity contribution is -0.135. The summed E-state index contributed by atoms with van der Waals surface area (Å²) in [5.74, 6) is -0.128. The Balaban J connectivity index is 2.27. The Labute approximate surface area is 96.9 Å². The molecule has 0 aliphatic heterocycles. The zero-order chi connectivity index (χ0) is 12.9. The van der Waals surface area contributed by atoms with E-state index in [0.29, 0.717) is 5.56 Å². The van der Waals surface area contributed by atoms with Crippen LogP contribution in [0.4, 0.5) is 13.2 Å². The van der Waals surface area contributed by atoms with E-state index in [1.165, 1.54) is 18.2 Å². The van der Waals surface area contributed by atoms with Crippen LogP contribution >= 0.6 is 0 Å². The Hall–Kier alpha value is -1.43. The highest BCUT2D eigenvalue weighted by Gasteiger charge is 2.25. The van der Waals surface area contributed by atoms with Gasteiger partial charge in [0.15, 0.2) is 0 Å². The molecule has 0 amide bonds. The predicted molar refractivity (Wildman–Crippen MR) is 56.8 cm³/mol. The number of phenols is 2. The molecule has 17 heavy (non-hydrogen) atoms. The van der Waals surface area contributed by atoms with E-state index in [1.54, 1.807) is 0 Å². The maximum absolute atomic E-state index is 11.8. The van der Waals surface area contributed by atoms with Crippen LogP contribution in [0.1, 0.15) is 18.4 Å². The van der Waals surface area contributed by atoms with E-state index in [4.69, 9.17) is 5.11 Å². The summed E-state index contributed by atoms with van der Waals surface area (Å²) in [6, 6.07) is 4.11. The van der Waals surface area contributed by atoms with E-state index in [9.17, 15) is 18.3 Å².